The van der Waals surface area contributed by atoms with Gasteiger partial charge in [-0.05, 0) is 6.42 Å². The van der Waals surface area contributed by atoms with Gasteiger partial charge >= 0.3 is 0 Å². The van der Waals surface area contributed by atoms with Crippen LogP contribution in [0, 0.1) is 0 Å². The van der Waals surface area contributed by atoms with Gasteiger partial charge in [-0.25, -0.2) is 0 Å². The van der Waals surface area contributed by atoms with E-state index in [-0.39, 0.29) is 0 Å². The normalized spacial score (nSPS) is 6.86. The van der Waals surface area contributed by atoms with Crippen molar-refractivity contribution < 1.29 is 0 Å². The van der Waals surface area contributed by atoms with Crippen LogP contribution in [0.4, 0.5) is 0 Å². The standard InChI is InChI=1S/C3H7Br.C3H8/c1-2-3-4;1-3-2/h2-3H2,1H3;3H2,1-2H3. The van der Waals surface area contributed by atoms with E-state index in [1.807, 2.05) is 0 Å². The van der Waals surface area contributed by atoms with Crippen LogP contribution < -0.4 is 0 Å². The first kappa shape index (κ1) is 10.5. The van der Waals surface area contributed by atoms with Crippen LogP contribution in [0.5, 0.6) is 0 Å². The summed E-state index contributed by atoms with van der Waals surface area (Å²) < 4.78 is 0. The van der Waals surface area contributed by atoms with Crippen molar-refractivity contribution in [2.45, 2.75) is 33.6 Å². The van der Waals surface area contributed by atoms with Crippen molar-refractivity contribution in [1.82, 2.24) is 0 Å². The lowest BCUT2D eigenvalue weighted by Gasteiger charge is -1.66. The maximum atomic E-state index is 3.25. The minimum Gasteiger partial charge on any atom is -0.0928 e. The van der Waals surface area contributed by atoms with E-state index in [9.17, 15) is 0 Å². The molecular weight excluding hydrogens is 152 g/mol. The lowest BCUT2D eigenvalue weighted by molar-refractivity contribution is 1.09. The summed E-state index contributed by atoms with van der Waals surface area (Å²) in [4.78, 5) is 0. The maximum Gasteiger partial charge on any atom is 0.00286 e. The first-order chi connectivity index (χ1) is 3.33. The molecule has 0 heterocycles. The molecule has 0 atom stereocenters. The molecule has 1 heteroatoms. The van der Waals surface area contributed by atoms with Crippen LogP contribution in [0.25, 0.3) is 0 Å². The zero-order chi connectivity index (χ0) is 6.12. The molecule has 0 N–H and O–H groups in total. The van der Waals surface area contributed by atoms with Crippen molar-refractivity contribution in [3.05, 3.63) is 0 Å². The topological polar surface area (TPSA) is 0 Å². The molecule has 0 unspecified atom stereocenters. The second-order valence-electron chi connectivity index (χ2n) is 1.40. The fourth-order valence-electron chi connectivity index (χ4n) is 0. The Morgan fingerprint density at radius 1 is 1.14 bits per heavy atom. The van der Waals surface area contributed by atoms with Gasteiger partial charge in [-0.3, -0.25) is 0 Å². The number of hydrogen-bond donors (Lipinski definition) is 0. The van der Waals surface area contributed by atoms with Gasteiger partial charge in [-0.1, -0.05) is 43.1 Å². The van der Waals surface area contributed by atoms with Crippen molar-refractivity contribution in [3.8, 4) is 0 Å². The Morgan fingerprint density at radius 2 is 1.29 bits per heavy atom. The highest BCUT2D eigenvalue weighted by Gasteiger charge is 1.58. The Hall–Kier alpha value is 0.480. The van der Waals surface area contributed by atoms with Crippen LogP contribution in [0.3, 0.4) is 0 Å². The SMILES string of the molecule is CCC.CCCBr. The predicted octanol–water partition coefficient (Wildman–Crippen LogP) is 3.21. The minimum absolute atomic E-state index is 1.13. The van der Waals surface area contributed by atoms with Gasteiger partial charge in [0, 0.05) is 5.33 Å². The van der Waals surface area contributed by atoms with E-state index in [2.05, 4.69) is 36.7 Å². The molecule has 0 rings (SSSR count). The highest BCUT2D eigenvalue weighted by Crippen LogP contribution is 1.80. The van der Waals surface area contributed by atoms with Crippen LogP contribution in [0.1, 0.15) is 33.6 Å². The molecule has 0 spiro atoms. The summed E-state index contributed by atoms with van der Waals surface area (Å²) in [7, 11) is 0. The molecule has 0 aliphatic heterocycles. The zero-order valence-electron chi connectivity index (χ0n) is 5.50. The maximum absolute atomic E-state index is 3.25. The lowest BCUT2D eigenvalue weighted by Crippen LogP contribution is -1.54. The molecule has 0 aromatic carbocycles. The van der Waals surface area contributed by atoms with Crippen molar-refractivity contribution in [1.29, 1.82) is 0 Å². The summed E-state index contributed by atoms with van der Waals surface area (Å²) in [6.07, 6.45) is 2.49. The molecule has 0 saturated heterocycles. The Bertz CT molecular complexity index is 11.7. The summed E-state index contributed by atoms with van der Waals surface area (Å²) >= 11 is 3.25. The molecule has 0 aliphatic carbocycles. The molecule has 0 aliphatic rings. The molecule has 0 fully saturated rings. The molecule has 7 heavy (non-hydrogen) atoms. The second kappa shape index (κ2) is 16.1. The van der Waals surface area contributed by atoms with E-state index in [0.29, 0.717) is 0 Å². The monoisotopic (exact) mass is 166 g/mol. The van der Waals surface area contributed by atoms with Gasteiger partial charge in [0.1, 0.15) is 0 Å². The smallest absolute Gasteiger partial charge is 0.00286 e. The minimum atomic E-state index is 1.13. The summed E-state index contributed by atoms with van der Waals surface area (Å²) in [6, 6.07) is 0. The van der Waals surface area contributed by atoms with E-state index in [1.165, 1.54) is 12.8 Å². The van der Waals surface area contributed by atoms with Crippen LogP contribution in [-0.4, -0.2) is 5.33 Å². The summed E-state index contributed by atoms with van der Waals surface area (Å²) in [6.45, 7) is 6.38. The zero-order valence-corrected chi connectivity index (χ0v) is 7.09. The number of alkyl halides is 1. The van der Waals surface area contributed by atoms with E-state index < -0.39 is 0 Å². The van der Waals surface area contributed by atoms with Gasteiger partial charge in [-0.15, -0.1) is 0 Å². The Labute approximate surface area is 55.4 Å². The van der Waals surface area contributed by atoms with Crippen LogP contribution in [0.2, 0.25) is 0 Å². The average Bonchev–Trinajstić information content (AvgIpc) is 1.69. The Balaban J connectivity index is 0. The molecule has 0 saturated carbocycles. The van der Waals surface area contributed by atoms with E-state index in [0.717, 1.165) is 5.33 Å². The second-order valence-corrected chi connectivity index (χ2v) is 2.19. The van der Waals surface area contributed by atoms with E-state index >= 15 is 0 Å². The largest absolute Gasteiger partial charge is 0.0928 e. The molecule has 0 aromatic heterocycles. The van der Waals surface area contributed by atoms with Gasteiger partial charge in [0.25, 0.3) is 0 Å². The number of rotatable bonds is 1. The fourth-order valence-corrected chi connectivity index (χ4v) is 0. The van der Waals surface area contributed by atoms with E-state index in [4.69, 9.17) is 0 Å². The van der Waals surface area contributed by atoms with Gasteiger partial charge < -0.3 is 0 Å². The van der Waals surface area contributed by atoms with Crippen molar-refractivity contribution >= 4 is 15.9 Å². The van der Waals surface area contributed by atoms with Crippen molar-refractivity contribution in [3.63, 3.8) is 0 Å². The molecule has 0 bridgehead atoms. The van der Waals surface area contributed by atoms with Gasteiger partial charge in [0.05, 0.1) is 0 Å². The quantitative estimate of drug-likeness (QED) is 0.526. The van der Waals surface area contributed by atoms with Gasteiger partial charge in [0.2, 0.25) is 0 Å². The molecule has 0 amide bonds. The highest BCUT2D eigenvalue weighted by molar-refractivity contribution is 9.09. The summed E-state index contributed by atoms with van der Waals surface area (Å²) in [5.41, 5.74) is 0. The summed E-state index contributed by atoms with van der Waals surface area (Å²) in [5, 5.41) is 1.13. The first-order valence-electron chi connectivity index (χ1n) is 2.89. The number of hydrogen-bond acceptors (Lipinski definition) is 0. The molecule has 46 valence electrons. The van der Waals surface area contributed by atoms with Crippen molar-refractivity contribution in [2.24, 2.45) is 0 Å². The third kappa shape index (κ3) is 59.4. The summed E-state index contributed by atoms with van der Waals surface area (Å²) in [5.74, 6) is 0. The third-order valence-corrected chi connectivity index (χ3v) is 0.982. The Kier molecular flexibility index (Phi) is 24.0. The third-order valence-electron chi connectivity index (χ3n) is 0.189. The van der Waals surface area contributed by atoms with Gasteiger partial charge in [0.15, 0.2) is 0 Å². The fraction of sp³-hybridized carbons (Fsp3) is 1.00. The highest BCUT2D eigenvalue weighted by atomic mass is 79.9. The van der Waals surface area contributed by atoms with Crippen LogP contribution in [-0.2, 0) is 0 Å². The van der Waals surface area contributed by atoms with Crippen molar-refractivity contribution in [2.75, 3.05) is 5.33 Å². The molecule has 0 radical (unpaired) electrons. The van der Waals surface area contributed by atoms with Gasteiger partial charge in [-0.2, -0.15) is 0 Å². The molecular formula is C6H15Br. The molecule has 0 nitrogen and oxygen atoms in total. The Morgan fingerprint density at radius 3 is 1.29 bits per heavy atom. The lowest BCUT2D eigenvalue weighted by atomic mass is 10.6. The average molecular weight is 167 g/mol. The van der Waals surface area contributed by atoms with Crippen LogP contribution >= 0.6 is 15.9 Å². The van der Waals surface area contributed by atoms with Crippen LogP contribution in [0.15, 0.2) is 0 Å². The molecule has 0 aromatic rings. The predicted molar refractivity (Wildman–Crippen MR) is 40.1 cm³/mol. The first-order valence-corrected chi connectivity index (χ1v) is 4.01. The van der Waals surface area contributed by atoms with E-state index in [1.54, 1.807) is 0 Å². The number of halogens is 1.